The van der Waals surface area contributed by atoms with Gasteiger partial charge in [0.15, 0.2) is 11.5 Å². The molecule has 5 nitrogen and oxygen atoms in total. The Hall–Kier alpha value is -2.69. The van der Waals surface area contributed by atoms with Crippen molar-refractivity contribution < 1.29 is 19.0 Å². The molecule has 5 heteroatoms. The number of phenolic OH excluding ortho intramolecular Hbond substituents is 1. The number of ether oxygens (including phenoxy) is 2. The fraction of sp³-hybridized carbons (Fsp3) is 0.235. The van der Waals surface area contributed by atoms with Gasteiger partial charge in [-0.05, 0) is 29.7 Å². The zero-order chi connectivity index (χ0) is 15.4. The van der Waals surface area contributed by atoms with E-state index >= 15 is 0 Å². The summed E-state index contributed by atoms with van der Waals surface area (Å²) in [5.74, 6) is 1.39. The maximum absolute atomic E-state index is 12.2. The summed E-state index contributed by atoms with van der Waals surface area (Å²) in [5.41, 5.74) is 0.791. The minimum Gasteiger partial charge on any atom is -0.508 e. The summed E-state index contributed by atoms with van der Waals surface area (Å²) in [6, 6.07) is 6.55. The minimum atomic E-state index is -0.457. The lowest BCUT2D eigenvalue weighted by Crippen LogP contribution is -2.02. The molecule has 0 atom stereocenters. The summed E-state index contributed by atoms with van der Waals surface area (Å²) < 4.78 is 16.4. The first-order valence-corrected chi connectivity index (χ1v) is 7.08. The molecule has 1 aliphatic heterocycles. The molecular formula is C17H14O5. The summed E-state index contributed by atoms with van der Waals surface area (Å²) in [4.78, 5) is 12.2. The van der Waals surface area contributed by atoms with Gasteiger partial charge in [-0.3, -0.25) is 0 Å². The first kappa shape index (κ1) is 13.0. The van der Waals surface area contributed by atoms with E-state index in [1.54, 1.807) is 18.2 Å². The Labute approximate surface area is 125 Å². The van der Waals surface area contributed by atoms with E-state index in [4.69, 9.17) is 13.9 Å². The van der Waals surface area contributed by atoms with Crippen LogP contribution >= 0.6 is 0 Å². The van der Waals surface area contributed by atoms with Gasteiger partial charge in [0.25, 0.3) is 0 Å². The van der Waals surface area contributed by atoms with Crippen molar-refractivity contribution in [2.75, 3.05) is 6.79 Å². The van der Waals surface area contributed by atoms with Crippen molar-refractivity contribution in [2.45, 2.75) is 19.8 Å². The van der Waals surface area contributed by atoms with Gasteiger partial charge in [-0.1, -0.05) is 13.8 Å². The van der Waals surface area contributed by atoms with Crippen LogP contribution in [-0.2, 0) is 0 Å². The van der Waals surface area contributed by atoms with E-state index in [-0.39, 0.29) is 18.5 Å². The highest BCUT2D eigenvalue weighted by Gasteiger charge is 2.23. The van der Waals surface area contributed by atoms with Gasteiger partial charge in [0.1, 0.15) is 11.3 Å². The number of hydrogen-bond acceptors (Lipinski definition) is 5. The van der Waals surface area contributed by atoms with E-state index in [1.165, 1.54) is 6.07 Å². The number of rotatable bonds is 1. The van der Waals surface area contributed by atoms with Gasteiger partial charge >= 0.3 is 5.63 Å². The van der Waals surface area contributed by atoms with Gasteiger partial charge < -0.3 is 19.0 Å². The van der Waals surface area contributed by atoms with E-state index in [0.29, 0.717) is 27.9 Å². The molecule has 0 aliphatic carbocycles. The molecule has 0 saturated heterocycles. The molecule has 0 radical (unpaired) electrons. The van der Waals surface area contributed by atoms with Crippen LogP contribution < -0.4 is 15.1 Å². The second kappa shape index (κ2) is 4.40. The Morgan fingerprint density at radius 3 is 2.73 bits per heavy atom. The Bertz CT molecular complexity index is 968. The fourth-order valence-electron chi connectivity index (χ4n) is 2.97. The van der Waals surface area contributed by atoms with Gasteiger partial charge in [-0.25, -0.2) is 4.79 Å². The van der Waals surface area contributed by atoms with Gasteiger partial charge in [-0.2, -0.15) is 0 Å². The molecule has 2 heterocycles. The van der Waals surface area contributed by atoms with Crippen LogP contribution in [0.5, 0.6) is 17.2 Å². The lowest BCUT2D eigenvalue weighted by atomic mass is 9.94. The molecule has 4 rings (SSSR count). The predicted octanol–water partition coefficient (Wildman–Crippen LogP) is 3.50. The van der Waals surface area contributed by atoms with Crippen LogP contribution in [0.15, 0.2) is 33.5 Å². The highest BCUT2D eigenvalue weighted by Crippen LogP contribution is 2.44. The zero-order valence-electron chi connectivity index (χ0n) is 12.2. The van der Waals surface area contributed by atoms with Gasteiger partial charge in [0.05, 0.1) is 5.39 Å². The van der Waals surface area contributed by atoms with Crippen LogP contribution in [0.3, 0.4) is 0 Å². The molecule has 0 unspecified atom stereocenters. The quantitative estimate of drug-likeness (QED) is 0.550. The molecule has 0 amide bonds. The van der Waals surface area contributed by atoms with Gasteiger partial charge in [0.2, 0.25) is 6.79 Å². The number of fused-ring (bicyclic) bond motifs is 5. The zero-order valence-corrected chi connectivity index (χ0v) is 12.2. The summed E-state index contributed by atoms with van der Waals surface area (Å²) in [6.07, 6.45) is 0. The van der Waals surface area contributed by atoms with E-state index in [0.717, 1.165) is 10.9 Å². The first-order valence-electron chi connectivity index (χ1n) is 7.08. The standard InChI is InChI=1S/C17H14O5/c1-8(2)11-5-9(18)6-13-14(11)15-10(17(19)22-13)3-4-12-16(15)21-7-20-12/h3-6,8,18H,7H2,1-2H3. The van der Waals surface area contributed by atoms with Crippen molar-refractivity contribution in [1.29, 1.82) is 0 Å². The van der Waals surface area contributed by atoms with Crippen molar-refractivity contribution in [2.24, 2.45) is 0 Å². The normalized spacial score (nSPS) is 13.4. The van der Waals surface area contributed by atoms with E-state index < -0.39 is 5.63 Å². The van der Waals surface area contributed by atoms with E-state index in [9.17, 15) is 9.90 Å². The molecule has 0 fully saturated rings. The number of benzene rings is 2. The van der Waals surface area contributed by atoms with Crippen molar-refractivity contribution >= 4 is 21.7 Å². The van der Waals surface area contributed by atoms with Crippen molar-refractivity contribution in [3.63, 3.8) is 0 Å². The lowest BCUT2D eigenvalue weighted by Gasteiger charge is -2.13. The molecule has 1 aliphatic rings. The second-order valence-electron chi connectivity index (χ2n) is 5.67. The summed E-state index contributed by atoms with van der Waals surface area (Å²) >= 11 is 0. The SMILES string of the molecule is CC(C)c1cc(O)cc2oc(=O)c3ccc4c(c3c12)OCO4. The molecule has 1 N–H and O–H groups in total. The third-order valence-electron chi connectivity index (χ3n) is 3.95. The third-order valence-corrected chi connectivity index (χ3v) is 3.95. The lowest BCUT2D eigenvalue weighted by molar-refractivity contribution is 0.175. The number of aromatic hydroxyl groups is 1. The topological polar surface area (TPSA) is 68.9 Å². The molecule has 112 valence electrons. The second-order valence-corrected chi connectivity index (χ2v) is 5.67. The Morgan fingerprint density at radius 1 is 1.14 bits per heavy atom. The maximum Gasteiger partial charge on any atom is 0.344 e. The summed E-state index contributed by atoms with van der Waals surface area (Å²) in [6.45, 7) is 4.17. The molecule has 0 spiro atoms. The minimum absolute atomic E-state index is 0.0726. The summed E-state index contributed by atoms with van der Waals surface area (Å²) in [5, 5.41) is 11.8. The summed E-state index contributed by atoms with van der Waals surface area (Å²) in [7, 11) is 0. The fourth-order valence-corrected chi connectivity index (χ4v) is 2.97. The average Bonchev–Trinajstić information content (AvgIpc) is 2.94. The first-order chi connectivity index (χ1) is 10.6. The smallest absolute Gasteiger partial charge is 0.344 e. The number of phenols is 1. The van der Waals surface area contributed by atoms with Crippen LogP contribution in [0.2, 0.25) is 0 Å². The largest absolute Gasteiger partial charge is 0.508 e. The maximum atomic E-state index is 12.2. The monoisotopic (exact) mass is 298 g/mol. The molecule has 22 heavy (non-hydrogen) atoms. The highest BCUT2D eigenvalue weighted by molar-refractivity contribution is 6.11. The average molecular weight is 298 g/mol. The van der Waals surface area contributed by atoms with Crippen LogP contribution in [0.25, 0.3) is 21.7 Å². The van der Waals surface area contributed by atoms with Crippen LogP contribution in [-0.4, -0.2) is 11.9 Å². The molecule has 0 bridgehead atoms. The predicted molar refractivity (Wildman–Crippen MR) is 81.9 cm³/mol. The van der Waals surface area contributed by atoms with E-state index in [1.807, 2.05) is 13.8 Å². The highest BCUT2D eigenvalue weighted by atomic mass is 16.7. The molecule has 1 aromatic heterocycles. The molecule has 0 saturated carbocycles. The van der Waals surface area contributed by atoms with Crippen LogP contribution in [0.1, 0.15) is 25.3 Å². The molecule has 2 aromatic carbocycles. The molecular weight excluding hydrogens is 284 g/mol. The van der Waals surface area contributed by atoms with Crippen molar-refractivity contribution in [3.05, 3.63) is 40.2 Å². The molecule has 3 aromatic rings. The number of hydrogen-bond donors (Lipinski definition) is 1. The van der Waals surface area contributed by atoms with Crippen molar-refractivity contribution in [1.82, 2.24) is 0 Å². The Morgan fingerprint density at radius 2 is 1.95 bits per heavy atom. The Balaban J connectivity index is 2.31. The Kier molecular flexibility index (Phi) is 2.60. The third kappa shape index (κ3) is 1.68. The van der Waals surface area contributed by atoms with Gasteiger partial charge in [0, 0.05) is 16.8 Å². The van der Waals surface area contributed by atoms with Crippen LogP contribution in [0.4, 0.5) is 0 Å². The van der Waals surface area contributed by atoms with Crippen molar-refractivity contribution in [3.8, 4) is 17.2 Å². The van der Waals surface area contributed by atoms with E-state index in [2.05, 4.69) is 0 Å². The van der Waals surface area contributed by atoms with Crippen LogP contribution in [0, 0.1) is 0 Å². The van der Waals surface area contributed by atoms with Gasteiger partial charge in [-0.15, -0.1) is 0 Å².